The van der Waals surface area contributed by atoms with Crippen molar-refractivity contribution >= 4 is 23.4 Å². The first-order chi connectivity index (χ1) is 16.3. The van der Waals surface area contributed by atoms with E-state index in [4.69, 9.17) is 11.6 Å². The van der Waals surface area contributed by atoms with Crippen LogP contribution in [-0.4, -0.2) is 53.1 Å². The van der Waals surface area contributed by atoms with Crippen LogP contribution in [0.25, 0.3) is 11.3 Å². The smallest absolute Gasteiger partial charge is 0.255 e. The Bertz CT molecular complexity index is 1230. The van der Waals surface area contributed by atoms with Crippen LogP contribution in [0.15, 0.2) is 42.6 Å². The van der Waals surface area contributed by atoms with E-state index in [-0.39, 0.29) is 40.8 Å². The highest BCUT2D eigenvalue weighted by molar-refractivity contribution is 6.30. The van der Waals surface area contributed by atoms with Crippen LogP contribution in [0, 0.1) is 18.6 Å². The topological polar surface area (TPSA) is 90.1 Å². The summed E-state index contributed by atoms with van der Waals surface area (Å²) >= 11 is 6.15. The van der Waals surface area contributed by atoms with Gasteiger partial charge in [-0.25, -0.2) is 8.78 Å². The number of carbonyl (C=O) groups excluding carboxylic acids is 2. The van der Waals surface area contributed by atoms with E-state index in [9.17, 15) is 18.4 Å². The molecule has 2 aromatic carbocycles. The summed E-state index contributed by atoms with van der Waals surface area (Å²) in [5.74, 6) is -1.98. The van der Waals surface area contributed by atoms with Crippen molar-refractivity contribution in [2.24, 2.45) is 0 Å². The molecule has 3 N–H and O–H groups in total. The fourth-order valence-corrected chi connectivity index (χ4v) is 4.19. The van der Waals surface area contributed by atoms with Crippen LogP contribution in [0.5, 0.6) is 0 Å². The molecular weight excluding hydrogens is 464 g/mol. The van der Waals surface area contributed by atoms with Gasteiger partial charge in [-0.1, -0.05) is 23.7 Å². The Labute approximate surface area is 200 Å². The van der Waals surface area contributed by atoms with E-state index in [1.54, 1.807) is 29.2 Å². The number of H-pyrrole nitrogens is 1. The molecule has 178 valence electrons. The zero-order valence-electron chi connectivity index (χ0n) is 18.7. The molecule has 2 heterocycles. The average molecular weight is 488 g/mol. The third-order valence-corrected chi connectivity index (χ3v) is 6.29. The summed E-state index contributed by atoms with van der Waals surface area (Å²) in [7, 11) is 1.84. The van der Waals surface area contributed by atoms with Gasteiger partial charge in [-0.3, -0.25) is 14.7 Å². The average Bonchev–Trinajstić information content (AvgIpc) is 3.25. The summed E-state index contributed by atoms with van der Waals surface area (Å²) in [4.78, 5) is 27.8. The van der Waals surface area contributed by atoms with Gasteiger partial charge in [-0.15, -0.1) is 0 Å². The number of aromatic nitrogens is 2. The normalized spacial score (nSPS) is 14.6. The van der Waals surface area contributed by atoms with Gasteiger partial charge in [0.25, 0.3) is 5.91 Å². The number of benzene rings is 2. The number of nitrogens with zero attached hydrogens (tertiary/aromatic N) is 2. The number of likely N-dealkylation sites (N-methyl/N-ethyl adjacent to an activating group) is 1. The molecule has 0 bridgehead atoms. The van der Waals surface area contributed by atoms with Crippen molar-refractivity contribution in [1.82, 2.24) is 25.7 Å². The van der Waals surface area contributed by atoms with Crippen molar-refractivity contribution in [3.8, 4) is 11.3 Å². The lowest BCUT2D eigenvalue weighted by molar-refractivity contribution is -0.136. The van der Waals surface area contributed by atoms with Gasteiger partial charge in [-0.2, -0.15) is 5.10 Å². The van der Waals surface area contributed by atoms with Gasteiger partial charge in [0.05, 0.1) is 29.9 Å². The van der Waals surface area contributed by atoms with E-state index in [0.717, 1.165) is 12.1 Å². The number of carbonyl (C=O) groups is 2. The van der Waals surface area contributed by atoms with E-state index < -0.39 is 23.6 Å². The molecule has 3 aromatic rings. The third-order valence-electron chi connectivity index (χ3n) is 6.06. The summed E-state index contributed by atoms with van der Waals surface area (Å²) in [5.41, 5.74) is 0.723. The summed E-state index contributed by atoms with van der Waals surface area (Å²) in [6.45, 7) is 2.61. The largest absolute Gasteiger partial charge is 0.345 e. The van der Waals surface area contributed by atoms with Gasteiger partial charge in [-0.05, 0) is 49.4 Å². The Hall–Kier alpha value is -3.30. The molecule has 1 saturated heterocycles. The Balaban J connectivity index is 1.61. The number of halogens is 3. The molecule has 0 spiro atoms. The molecule has 1 fully saturated rings. The number of aromatic amines is 1. The van der Waals surface area contributed by atoms with Crippen molar-refractivity contribution in [2.75, 3.05) is 20.1 Å². The van der Waals surface area contributed by atoms with Crippen LogP contribution in [0.4, 0.5) is 8.78 Å². The van der Waals surface area contributed by atoms with Crippen LogP contribution in [0.2, 0.25) is 5.02 Å². The van der Waals surface area contributed by atoms with Gasteiger partial charge in [0, 0.05) is 29.7 Å². The molecule has 1 aliphatic rings. The van der Waals surface area contributed by atoms with Gasteiger partial charge in [0.15, 0.2) is 0 Å². The van der Waals surface area contributed by atoms with Crippen LogP contribution in [0.3, 0.4) is 0 Å². The van der Waals surface area contributed by atoms with Crippen molar-refractivity contribution in [1.29, 1.82) is 0 Å². The highest BCUT2D eigenvalue weighted by Crippen LogP contribution is 2.30. The van der Waals surface area contributed by atoms with Gasteiger partial charge < -0.3 is 15.5 Å². The maximum absolute atomic E-state index is 14.6. The van der Waals surface area contributed by atoms with Crippen molar-refractivity contribution in [2.45, 2.75) is 25.4 Å². The number of likely N-dealkylation sites (tertiary alicyclic amines) is 1. The lowest BCUT2D eigenvalue weighted by Gasteiger charge is -2.39. The second kappa shape index (κ2) is 9.90. The highest BCUT2D eigenvalue weighted by Gasteiger charge is 2.32. The maximum atomic E-state index is 14.6. The van der Waals surface area contributed by atoms with Crippen molar-refractivity contribution in [3.05, 3.63) is 75.9 Å². The Morgan fingerprint density at radius 3 is 2.68 bits per heavy atom. The number of amides is 2. The molecule has 0 aliphatic carbocycles. The first-order valence-electron chi connectivity index (χ1n) is 10.8. The number of nitrogens with one attached hydrogen (secondary N) is 3. The molecule has 7 nitrogen and oxygen atoms in total. The van der Waals surface area contributed by atoms with E-state index in [1.165, 1.54) is 13.1 Å². The van der Waals surface area contributed by atoms with E-state index in [0.29, 0.717) is 23.7 Å². The van der Waals surface area contributed by atoms with Gasteiger partial charge >= 0.3 is 0 Å². The zero-order chi connectivity index (χ0) is 24.4. The minimum absolute atomic E-state index is 0.0169. The number of hydrogen-bond donors (Lipinski definition) is 3. The van der Waals surface area contributed by atoms with Crippen LogP contribution in [-0.2, 0) is 4.79 Å². The third kappa shape index (κ3) is 4.80. The molecule has 0 unspecified atom stereocenters. The Kier molecular flexibility index (Phi) is 6.95. The molecule has 1 atom stereocenters. The minimum Gasteiger partial charge on any atom is -0.345 e. The quantitative estimate of drug-likeness (QED) is 0.475. The second-order valence-electron chi connectivity index (χ2n) is 8.26. The molecule has 1 aromatic heterocycles. The lowest BCUT2D eigenvalue weighted by atomic mass is 9.99. The number of rotatable bonds is 7. The molecule has 4 rings (SSSR count). The van der Waals surface area contributed by atoms with Crippen LogP contribution >= 0.6 is 11.6 Å². The van der Waals surface area contributed by atoms with Crippen LogP contribution < -0.4 is 10.6 Å². The standard InChI is InChI=1S/C24H24ClF2N5O2/c1-13-18(26)6-7-19(27)22(13)23-17(10-29-31-23)24(34)30-20(14-4-3-5-15(25)8-14)9-21(33)32-11-16(12-32)28-2/h3-8,10,16,20,28H,9,11-12H2,1-2H3,(H,29,31)(H,30,34)/t20-/m0/s1. The molecule has 10 heteroatoms. The Morgan fingerprint density at radius 1 is 1.24 bits per heavy atom. The van der Waals surface area contributed by atoms with Crippen LogP contribution in [0.1, 0.15) is 33.9 Å². The number of hydrogen-bond acceptors (Lipinski definition) is 4. The highest BCUT2D eigenvalue weighted by atomic mass is 35.5. The maximum Gasteiger partial charge on any atom is 0.255 e. The molecule has 0 radical (unpaired) electrons. The minimum atomic E-state index is -0.687. The summed E-state index contributed by atoms with van der Waals surface area (Å²) in [6.07, 6.45) is 1.27. The van der Waals surface area contributed by atoms with Gasteiger partial charge in [0.1, 0.15) is 11.6 Å². The molecule has 0 saturated carbocycles. The summed E-state index contributed by atoms with van der Waals surface area (Å²) < 4.78 is 28.7. The summed E-state index contributed by atoms with van der Waals surface area (Å²) in [6, 6.07) is 8.47. The SMILES string of the molecule is CNC1CN(C(=O)C[C@H](NC(=O)c2cn[nH]c2-c2c(F)ccc(F)c2C)c2cccc(Cl)c2)C1. The predicted octanol–water partition coefficient (Wildman–Crippen LogP) is 3.61. The molecule has 1 aliphatic heterocycles. The second-order valence-corrected chi connectivity index (χ2v) is 8.69. The first kappa shape index (κ1) is 23.8. The fraction of sp³-hybridized carbons (Fsp3) is 0.292. The monoisotopic (exact) mass is 487 g/mol. The van der Waals surface area contributed by atoms with E-state index in [2.05, 4.69) is 20.8 Å². The van der Waals surface area contributed by atoms with Crippen molar-refractivity contribution < 1.29 is 18.4 Å². The predicted molar refractivity (Wildman–Crippen MR) is 124 cm³/mol. The van der Waals surface area contributed by atoms with E-state index >= 15 is 0 Å². The van der Waals surface area contributed by atoms with E-state index in [1.807, 2.05) is 7.05 Å². The van der Waals surface area contributed by atoms with Crippen molar-refractivity contribution in [3.63, 3.8) is 0 Å². The summed E-state index contributed by atoms with van der Waals surface area (Å²) in [5, 5.41) is 12.9. The zero-order valence-corrected chi connectivity index (χ0v) is 19.4. The first-order valence-corrected chi connectivity index (χ1v) is 11.2. The lowest BCUT2D eigenvalue weighted by Crippen LogP contribution is -2.59. The molecular formula is C24H24ClF2N5O2. The Morgan fingerprint density at radius 2 is 1.97 bits per heavy atom. The fourth-order valence-electron chi connectivity index (χ4n) is 3.99. The van der Waals surface area contributed by atoms with Gasteiger partial charge in [0.2, 0.25) is 5.91 Å². The molecule has 34 heavy (non-hydrogen) atoms. The molecule has 2 amide bonds.